The van der Waals surface area contributed by atoms with Gasteiger partial charge in [0.15, 0.2) is 0 Å². The molecule has 0 spiro atoms. The highest BCUT2D eigenvalue weighted by atomic mass is 17.0. The fourth-order valence-electron chi connectivity index (χ4n) is 5.28. The highest BCUT2D eigenvalue weighted by Crippen LogP contribution is 2.38. The molecular formula is C35H43N3O10. The fourth-order valence-corrected chi connectivity index (χ4v) is 5.28. The van der Waals surface area contributed by atoms with Gasteiger partial charge >= 0.3 is 0 Å². The zero-order valence-electron chi connectivity index (χ0n) is 27.7. The minimum atomic E-state index is -0.854. The summed E-state index contributed by atoms with van der Waals surface area (Å²) >= 11 is 0. The third-order valence-corrected chi connectivity index (χ3v) is 7.90. The normalized spacial score (nSPS) is 13.4. The minimum Gasteiger partial charge on any atom is -0.491 e. The van der Waals surface area contributed by atoms with Gasteiger partial charge in [-0.25, -0.2) is 0 Å². The van der Waals surface area contributed by atoms with Crippen molar-refractivity contribution in [3.8, 4) is 5.75 Å². The quantitative estimate of drug-likeness (QED) is 0.0983. The van der Waals surface area contributed by atoms with Crippen LogP contribution in [0.2, 0.25) is 0 Å². The summed E-state index contributed by atoms with van der Waals surface area (Å²) in [7, 11) is 1.63. The van der Waals surface area contributed by atoms with Gasteiger partial charge < -0.3 is 24.0 Å². The summed E-state index contributed by atoms with van der Waals surface area (Å²) in [4.78, 5) is 54.2. The number of ether oxygens (including phenoxy) is 2. The predicted octanol–water partition coefficient (Wildman–Crippen LogP) is 6.59. The molecule has 1 aliphatic carbocycles. The van der Waals surface area contributed by atoms with Crippen LogP contribution in [-0.2, 0) is 27.6 Å². The Hall–Kier alpha value is -5.04. The Morgan fingerprint density at radius 2 is 1.44 bits per heavy atom. The van der Waals surface area contributed by atoms with Gasteiger partial charge in [0.1, 0.15) is 38.0 Å². The molecule has 0 saturated heterocycles. The summed E-state index contributed by atoms with van der Waals surface area (Å²) in [5.74, 6) is 1.29. The van der Waals surface area contributed by atoms with Gasteiger partial charge in [0, 0.05) is 23.8 Å². The summed E-state index contributed by atoms with van der Waals surface area (Å²) in [5.41, 5.74) is 3.09. The number of carbonyl (C=O) groups excluding carboxylic acids is 2. The number of rotatable bonds is 15. The number of amides is 1. The van der Waals surface area contributed by atoms with E-state index >= 15 is 0 Å². The van der Waals surface area contributed by atoms with E-state index in [2.05, 4.69) is 21.8 Å². The van der Waals surface area contributed by atoms with Crippen molar-refractivity contribution >= 4 is 12.2 Å². The van der Waals surface area contributed by atoms with Gasteiger partial charge in [-0.2, -0.15) is 0 Å². The molecule has 3 aromatic rings. The number of nitrogens with zero attached hydrogens (tertiary/aromatic N) is 3. The summed E-state index contributed by atoms with van der Waals surface area (Å²) < 4.78 is 12.0. The third kappa shape index (κ3) is 12.0. The minimum absolute atomic E-state index is 0.0911. The highest BCUT2D eigenvalue weighted by Gasteiger charge is 2.30. The van der Waals surface area contributed by atoms with Gasteiger partial charge in [-0.15, -0.1) is 20.2 Å². The van der Waals surface area contributed by atoms with Crippen molar-refractivity contribution in [1.82, 2.24) is 4.90 Å². The van der Waals surface area contributed by atoms with Crippen molar-refractivity contribution in [3.63, 3.8) is 0 Å². The smallest absolute Gasteiger partial charge is 0.294 e. The van der Waals surface area contributed by atoms with Crippen LogP contribution in [-0.4, -0.2) is 59.2 Å². The first-order valence-corrected chi connectivity index (χ1v) is 15.7. The maximum absolute atomic E-state index is 13.4. The molecule has 1 amide bonds. The molecule has 1 fully saturated rings. The lowest BCUT2D eigenvalue weighted by atomic mass is 9.97. The first kappa shape index (κ1) is 37.4. The number of hydrogen-bond donors (Lipinski definition) is 0. The summed E-state index contributed by atoms with van der Waals surface area (Å²) in [6, 6.07) is 21.2. The Morgan fingerprint density at radius 1 is 0.896 bits per heavy atom. The number of methoxy groups -OCH3 is 1. The number of carbonyl (C=O) groups is 2. The molecule has 0 aliphatic heterocycles. The topological polar surface area (TPSA) is 161 Å². The second kappa shape index (κ2) is 18.3. The molecule has 0 heterocycles. The van der Waals surface area contributed by atoms with E-state index in [1.807, 2.05) is 32.9 Å². The van der Waals surface area contributed by atoms with Crippen LogP contribution in [0.3, 0.4) is 0 Å². The Labute approximate surface area is 280 Å². The summed E-state index contributed by atoms with van der Waals surface area (Å²) in [6.07, 6.45) is 5.29. The maximum atomic E-state index is 13.4. The van der Waals surface area contributed by atoms with Crippen LogP contribution in [0.25, 0.3) is 0 Å². The molecule has 1 saturated carbocycles. The van der Waals surface area contributed by atoms with E-state index in [1.54, 1.807) is 60.5 Å². The van der Waals surface area contributed by atoms with Gasteiger partial charge in [0.2, 0.25) is 0 Å². The van der Waals surface area contributed by atoms with E-state index < -0.39 is 15.7 Å². The molecule has 13 nitrogen and oxygen atoms in total. The van der Waals surface area contributed by atoms with Gasteiger partial charge in [0.25, 0.3) is 16.1 Å². The molecule has 0 radical (unpaired) electrons. The SMILES string of the molecule is COC(COc1ccccc1C1CCCC1)CN(C(=O)c1ccc(CO[N+](=O)[O-])cc1)C(C)(C)C.O=Cc1ccc(CO[N+](=O)[O-])cc1. The largest absolute Gasteiger partial charge is 0.491 e. The van der Waals surface area contributed by atoms with E-state index in [1.165, 1.54) is 31.2 Å². The molecule has 13 heteroatoms. The Balaban J connectivity index is 0.000000402. The van der Waals surface area contributed by atoms with E-state index in [-0.39, 0.29) is 25.2 Å². The van der Waals surface area contributed by atoms with Crippen molar-refractivity contribution in [2.24, 2.45) is 0 Å². The lowest BCUT2D eigenvalue weighted by Crippen LogP contribution is -2.50. The number of para-hydroxylation sites is 1. The summed E-state index contributed by atoms with van der Waals surface area (Å²) in [6.45, 7) is 6.38. The average molecular weight is 666 g/mol. The number of hydrogen-bond acceptors (Lipinski definition) is 10. The highest BCUT2D eigenvalue weighted by molar-refractivity contribution is 5.94. The van der Waals surface area contributed by atoms with Crippen LogP contribution in [0, 0.1) is 20.2 Å². The Bertz CT molecular complexity index is 1480. The second-order valence-corrected chi connectivity index (χ2v) is 12.3. The van der Waals surface area contributed by atoms with Gasteiger partial charge in [-0.05, 0) is 74.4 Å². The molecule has 1 atom stereocenters. The molecule has 3 aromatic carbocycles. The van der Waals surface area contributed by atoms with Crippen molar-refractivity contribution < 1.29 is 38.9 Å². The average Bonchev–Trinajstić information content (AvgIpc) is 3.62. The first-order valence-electron chi connectivity index (χ1n) is 15.7. The maximum Gasteiger partial charge on any atom is 0.294 e. The van der Waals surface area contributed by atoms with Crippen LogP contribution >= 0.6 is 0 Å². The Kier molecular flexibility index (Phi) is 14.3. The lowest BCUT2D eigenvalue weighted by molar-refractivity contribution is -0.763. The molecule has 0 aromatic heterocycles. The van der Waals surface area contributed by atoms with E-state index in [0.29, 0.717) is 47.6 Å². The van der Waals surface area contributed by atoms with Gasteiger partial charge in [0.05, 0.1) is 6.54 Å². The van der Waals surface area contributed by atoms with E-state index in [0.717, 1.165) is 5.75 Å². The van der Waals surface area contributed by atoms with Crippen LogP contribution in [0.4, 0.5) is 0 Å². The molecule has 1 unspecified atom stereocenters. The van der Waals surface area contributed by atoms with E-state index in [9.17, 15) is 29.8 Å². The van der Waals surface area contributed by atoms with Gasteiger partial charge in [-0.3, -0.25) is 9.59 Å². The van der Waals surface area contributed by atoms with Crippen LogP contribution < -0.4 is 4.74 Å². The Morgan fingerprint density at radius 3 is 1.94 bits per heavy atom. The van der Waals surface area contributed by atoms with Crippen molar-refractivity contribution in [2.45, 2.75) is 77.2 Å². The molecule has 1 aliphatic rings. The zero-order chi connectivity index (χ0) is 35.1. The monoisotopic (exact) mass is 665 g/mol. The van der Waals surface area contributed by atoms with Gasteiger partial charge in [-0.1, -0.05) is 67.4 Å². The standard InChI is InChI=1S/C27H36N2O6.C8H7NO4/c1-27(2,3)28(26(30)22-15-13-20(14-16-22)18-35-29(31)32)17-23(33-4)19-34-25-12-8-7-11-24(25)21-9-5-6-10-21;10-5-7-1-3-8(4-2-7)6-13-9(11)12/h7-8,11-16,21,23H,5-6,9-10,17-19H2,1-4H3;1-5H,6H2. The molecule has 0 bridgehead atoms. The van der Waals surface area contributed by atoms with Crippen molar-refractivity contribution in [1.29, 1.82) is 0 Å². The molecule has 0 N–H and O–H groups in total. The lowest BCUT2D eigenvalue weighted by Gasteiger charge is -2.38. The van der Waals surface area contributed by atoms with Crippen LogP contribution in [0.5, 0.6) is 5.75 Å². The molecular weight excluding hydrogens is 622 g/mol. The van der Waals surface area contributed by atoms with Crippen LogP contribution in [0.15, 0.2) is 72.8 Å². The molecule has 258 valence electrons. The van der Waals surface area contributed by atoms with Crippen molar-refractivity contribution in [2.75, 3.05) is 20.3 Å². The summed E-state index contributed by atoms with van der Waals surface area (Å²) in [5, 5.41) is 18.5. The number of benzene rings is 3. The first-order chi connectivity index (χ1) is 22.9. The van der Waals surface area contributed by atoms with E-state index in [4.69, 9.17) is 9.47 Å². The predicted molar refractivity (Wildman–Crippen MR) is 177 cm³/mol. The zero-order valence-corrected chi connectivity index (χ0v) is 27.7. The molecule has 4 rings (SSSR count). The van der Waals surface area contributed by atoms with Crippen molar-refractivity contribution in [3.05, 3.63) is 121 Å². The van der Waals surface area contributed by atoms with Crippen LogP contribution in [0.1, 0.15) is 89.8 Å². The number of aldehydes is 1. The molecule has 48 heavy (non-hydrogen) atoms. The third-order valence-electron chi connectivity index (χ3n) is 7.90. The fraction of sp³-hybridized carbons (Fsp3) is 0.429. The second-order valence-electron chi connectivity index (χ2n) is 12.3.